The van der Waals surface area contributed by atoms with Gasteiger partial charge in [0.15, 0.2) is 12.2 Å². The van der Waals surface area contributed by atoms with Crippen molar-refractivity contribution in [2.45, 2.75) is 58.3 Å². The first-order chi connectivity index (χ1) is 16.9. The summed E-state index contributed by atoms with van der Waals surface area (Å²) in [5.74, 6) is -3.16. The minimum Gasteiger partial charge on any atom is -0.463 e. The molecule has 0 spiro atoms. The number of nitrogens with one attached hydrogen (secondary N) is 2. The number of hydrogen-bond donors (Lipinski definition) is 2. The minimum absolute atomic E-state index is 0.0516. The molecule has 2 rings (SSSR count). The normalized spacial score (nSPS) is 22.9. The van der Waals surface area contributed by atoms with Crippen molar-refractivity contribution in [3.63, 3.8) is 0 Å². The van der Waals surface area contributed by atoms with Crippen LogP contribution in [0.3, 0.4) is 0 Å². The van der Waals surface area contributed by atoms with Crippen LogP contribution in [0.15, 0.2) is 24.3 Å². The molecule has 2 amide bonds. The van der Waals surface area contributed by atoms with E-state index in [2.05, 4.69) is 10.6 Å². The van der Waals surface area contributed by atoms with Crippen LogP contribution in [0.4, 0.5) is 16.2 Å². The number of benzene rings is 1. The van der Waals surface area contributed by atoms with Crippen molar-refractivity contribution in [1.29, 1.82) is 0 Å². The van der Waals surface area contributed by atoms with Crippen molar-refractivity contribution >= 4 is 41.3 Å². The number of esters is 4. The Morgan fingerprint density at radius 3 is 2.11 bits per heavy atom. The number of non-ortho nitro benzene ring substituents is 1. The van der Waals surface area contributed by atoms with Crippen LogP contribution in [0.5, 0.6) is 0 Å². The van der Waals surface area contributed by atoms with Gasteiger partial charge in [-0.25, -0.2) is 4.79 Å². The number of nitro groups is 1. The summed E-state index contributed by atoms with van der Waals surface area (Å²) in [5.41, 5.74) is -0.233. The molecule has 0 unspecified atom stereocenters. The van der Waals surface area contributed by atoms with Crippen molar-refractivity contribution in [2.75, 3.05) is 11.9 Å². The summed E-state index contributed by atoms with van der Waals surface area (Å²) < 4.78 is 26.3. The number of nitro benzene ring substituents is 1. The Labute approximate surface area is 204 Å². The Bertz CT molecular complexity index is 1030. The quantitative estimate of drug-likeness (QED) is 0.216. The van der Waals surface area contributed by atoms with Crippen LogP contribution in [0.25, 0.3) is 0 Å². The maximum Gasteiger partial charge on any atom is 0.319 e. The molecule has 1 heterocycles. The van der Waals surface area contributed by atoms with Gasteiger partial charge in [0.1, 0.15) is 18.8 Å². The molecule has 36 heavy (non-hydrogen) atoms. The average molecular weight is 511 g/mol. The number of amides is 2. The molecule has 0 radical (unpaired) electrons. The summed E-state index contributed by atoms with van der Waals surface area (Å²) in [7, 11) is 0. The molecule has 15 nitrogen and oxygen atoms in total. The molecule has 2 N–H and O–H groups in total. The maximum atomic E-state index is 12.7. The van der Waals surface area contributed by atoms with Crippen LogP contribution in [0.2, 0.25) is 0 Å². The zero-order chi connectivity index (χ0) is 27.0. The van der Waals surface area contributed by atoms with E-state index in [1.165, 1.54) is 18.2 Å². The molecule has 1 aromatic rings. The van der Waals surface area contributed by atoms with Crippen molar-refractivity contribution in [3.05, 3.63) is 34.4 Å². The highest BCUT2D eigenvalue weighted by Gasteiger charge is 2.52. The van der Waals surface area contributed by atoms with E-state index in [1.807, 2.05) is 0 Å². The third-order valence-corrected chi connectivity index (χ3v) is 4.60. The van der Waals surface area contributed by atoms with Crippen LogP contribution < -0.4 is 10.6 Å². The van der Waals surface area contributed by atoms with Crippen molar-refractivity contribution < 1.29 is 52.6 Å². The van der Waals surface area contributed by atoms with E-state index in [-0.39, 0.29) is 11.4 Å². The molecular formula is C21H25N3O12. The fraction of sp³-hybridized carbons (Fsp3) is 0.476. The fourth-order valence-electron chi connectivity index (χ4n) is 3.34. The number of carbonyl (C=O) groups is 5. The van der Waals surface area contributed by atoms with Gasteiger partial charge < -0.3 is 34.3 Å². The molecule has 0 aliphatic carbocycles. The lowest BCUT2D eigenvalue weighted by Gasteiger charge is -2.44. The van der Waals surface area contributed by atoms with Gasteiger partial charge in [0.05, 0.1) is 4.92 Å². The number of ether oxygens (including phenoxy) is 5. The van der Waals surface area contributed by atoms with Crippen molar-refractivity contribution in [3.8, 4) is 0 Å². The van der Waals surface area contributed by atoms with Gasteiger partial charge in [0, 0.05) is 45.5 Å². The van der Waals surface area contributed by atoms with Gasteiger partial charge in [0.2, 0.25) is 6.29 Å². The summed E-state index contributed by atoms with van der Waals surface area (Å²) in [6, 6.07) is 2.68. The van der Waals surface area contributed by atoms with Crippen LogP contribution in [0, 0.1) is 10.1 Å². The fourth-order valence-corrected chi connectivity index (χ4v) is 3.34. The average Bonchev–Trinajstić information content (AvgIpc) is 2.75. The van der Waals surface area contributed by atoms with Gasteiger partial charge in [-0.1, -0.05) is 6.07 Å². The number of hydrogen-bond acceptors (Lipinski definition) is 12. The second kappa shape index (κ2) is 12.4. The number of rotatable bonds is 8. The SMILES string of the molecule is CC(=O)OC[C@H]1O[C@@H](OC(C)=O)[C@@H](NC(=O)Nc2cccc([N+](=O)[O-])c2)[C@@H](OC(C)=O)[C@H]1OC(C)=O. The van der Waals surface area contributed by atoms with Gasteiger partial charge in [-0.05, 0) is 6.07 Å². The van der Waals surface area contributed by atoms with Gasteiger partial charge >= 0.3 is 29.9 Å². The molecule has 196 valence electrons. The second-order valence-electron chi connectivity index (χ2n) is 7.53. The zero-order valence-corrected chi connectivity index (χ0v) is 19.7. The molecule has 1 aromatic carbocycles. The van der Waals surface area contributed by atoms with Crippen LogP contribution in [0.1, 0.15) is 27.7 Å². The van der Waals surface area contributed by atoms with E-state index < -0.39 is 72.1 Å². The molecule has 1 aliphatic heterocycles. The molecule has 15 heteroatoms. The lowest BCUT2D eigenvalue weighted by Crippen LogP contribution is -2.67. The smallest absolute Gasteiger partial charge is 0.319 e. The lowest BCUT2D eigenvalue weighted by atomic mass is 9.96. The first-order valence-electron chi connectivity index (χ1n) is 10.5. The summed E-state index contributed by atoms with van der Waals surface area (Å²) >= 11 is 0. The standard InChI is InChI=1S/C21H25N3O12/c1-10(25)32-9-16-18(33-11(2)26)19(34-12(3)27)17(20(36-16)35-13(4)28)23-21(29)22-14-6-5-7-15(8-14)24(30)31/h5-8,16-20H,9H2,1-4H3,(H2,22,23,29)/t16-,17+,18+,19-,20-/m1/s1. The minimum atomic E-state index is -1.57. The number of urea groups is 1. The molecule has 1 fully saturated rings. The Kier molecular flexibility index (Phi) is 9.66. The molecular weight excluding hydrogens is 486 g/mol. The molecule has 5 atom stereocenters. The molecule has 0 aromatic heterocycles. The van der Waals surface area contributed by atoms with Crippen LogP contribution in [-0.4, -0.2) is 72.1 Å². The number of carbonyl (C=O) groups excluding carboxylic acids is 5. The molecule has 1 aliphatic rings. The predicted molar refractivity (Wildman–Crippen MR) is 117 cm³/mol. The van der Waals surface area contributed by atoms with E-state index in [4.69, 9.17) is 23.7 Å². The Hall–Kier alpha value is -4.27. The first-order valence-corrected chi connectivity index (χ1v) is 10.5. The Morgan fingerprint density at radius 2 is 1.56 bits per heavy atom. The van der Waals surface area contributed by atoms with Gasteiger partial charge in [-0.2, -0.15) is 0 Å². The summed E-state index contributed by atoms with van der Waals surface area (Å²) in [6.45, 7) is 3.85. The first kappa shape index (κ1) is 28.0. The van der Waals surface area contributed by atoms with Crippen LogP contribution in [-0.2, 0) is 42.9 Å². The third kappa shape index (κ3) is 8.19. The Morgan fingerprint density at radius 1 is 0.944 bits per heavy atom. The third-order valence-electron chi connectivity index (χ3n) is 4.60. The van der Waals surface area contributed by atoms with Gasteiger partial charge in [-0.3, -0.25) is 29.3 Å². The highest BCUT2D eigenvalue weighted by molar-refractivity contribution is 5.90. The molecule has 1 saturated heterocycles. The van der Waals surface area contributed by atoms with Crippen molar-refractivity contribution in [1.82, 2.24) is 5.32 Å². The largest absolute Gasteiger partial charge is 0.463 e. The summed E-state index contributed by atoms with van der Waals surface area (Å²) in [6.07, 6.45) is -5.67. The van der Waals surface area contributed by atoms with E-state index in [9.17, 15) is 34.1 Å². The highest BCUT2D eigenvalue weighted by Crippen LogP contribution is 2.28. The summed E-state index contributed by atoms with van der Waals surface area (Å²) in [5, 5.41) is 15.8. The predicted octanol–water partition coefficient (Wildman–Crippen LogP) is 0.799. The Balaban J connectivity index is 2.39. The van der Waals surface area contributed by atoms with E-state index >= 15 is 0 Å². The lowest BCUT2D eigenvalue weighted by molar-refractivity contribution is -0.384. The van der Waals surface area contributed by atoms with E-state index in [0.29, 0.717) is 0 Å². The highest BCUT2D eigenvalue weighted by atomic mass is 16.7. The second-order valence-corrected chi connectivity index (χ2v) is 7.53. The number of anilines is 1. The monoisotopic (exact) mass is 511 g/mol. The van der Waals surface area contributed by atoms with E-state index in [0.717, 1.165) is 33.8 Å². The topological polar surface area (TPSA) is 199 Å². The maximum absolute atomic E-state index is 12.7. The van der Waals surface area contributed by atoms with Gasteiger partial charge in [0.25, 0.3) is 5.69 Å². The number of nitrogens with zero attached hydrogens (tertiary/aromatic N) is 1. The summed E-state index contributed by atoms with van der Waals surface area (Å²) in [4.78, 5) is 69.8. The van der Waals surface area contributed by atoms with Crippen molar-refractivity contribution in [2.24, 2.45) is 0 Å². The van der Waals surface area contributed by atoms with Gasteiger partial charge in [-0.15, -0.1) is 0 Å². The molecule has 0 bridgehead atoms. The molecule has 0 saturated carbocycles. The van der Waals surface area contributed by atoms with Crippen LogP contribution >= 0.6 is 0 Å². The van der Waals surface area contributed by atoms with E-state index in [1.54, 1.807) is 0 Å². The zero-order valence-electron chi connectivity index (χ0n) is 19.7.